The second-order valence-corrected chi connectivity index (χ2v) is 6.19. The number of nitrogens with one attached hydrogen (secondary N) is 1. The highest BCUT2D eigenvalue weighted by molar-refractivity contribution is 6.01. The molecule has 2 aliphatic rings. The minimum absolute atomic E-state index is 0.0295. The summed E-state index contributed by atoms with van der Waals surface area (Å²) in [5, 5.41) is 2.73. The molecule has 1 aromatic rings. The first-order valence-electron chi connectivity index (χ1n) is 7.85. The molecule has 3 N–H and O–H groups in total. The summed E-state index contributed by atoms with van der Waals surface area (Å²) in [4.78, 5) is 26.2. The number of anilines is 1. The number of nitrogens with two attached hydrogens (primary N) is 1. The van der Waals surface area contributed by atoms with E-state index in [9.17, 15) is 18.4 Å². The van der Waals surface area contributed by atoms with Gasteiger partial charge < -0.3 is 20.7 Å². The minimum Gasteiger partial charge on any atom is -0.435 e. The summed E-state index contributed by atoms with van der Waals surface area (Å²) < 4.78 is 28.6. The molecule has 1 unspecified atom stereocenters. The fraction of sp³-hybridized carbons (Fsp3) is 0.500. The molecular formula is C16H19F2N3O3. The molecule has 2 fully saturated rings. The maximum absolute atomic E-state index is 12.6. The van der Waals surface area contributed by atoms with Crippen molar-refractivity contribution in [1.82, 2.24) is 5.32 Å². The Kier molecular flexibility index (Phi) is 4.40. The fourth-order valence-electron chi connectivity index (χ4n) is 2.74. The SMILES string of the molecule is NC1(C(=O)NC2CCCN(c3ccc(OC(F)F)cc3)C2=O)CC1. The van der Waals surface area contributed by atoms with Crippen LogP contribution in [0.15, 0.2) is 24.3 Å². The second kappa shape index (κ2) is 6.35. The van der Waals surface area contributed by atoms with E-state index in [0.717, 1.165) is 6.42 Å². The van der Waals surface area contributed by atoms with Crippen LogP contribution in [0, 0.1) is 0 Å². The van der Waals surface area contributed by atoms with Gasteiger partial charge in [0.1, 0.15) is 11.8 Å². The van der Waals surface area contributed by atoms with Crippen LogP contribution < -0.4 is 20.7 Å². The van der Waals surface area contributed by atoms with Gasteiger partial charge in [-0.15, -0.1) is 0 Å². The zero-order valence-electron chi connectivity index (χ0n) is 13.0. The van der Waals surface area contributed by atoms with Crippen LogP contribution in [0.2, 0.25) is 0 Å². The molecule has 1 aliphatic heterocycles. The van der Waals surface area contributed by atoms with Gasteiger partial charge in [0.25, 0.3) is 0 Å². The van der Waals surface area contributed by atoms with Crippen LogP contribution in [0.25, 0.3) is 0 Å². The summed E-state index contributed by atoms with van der Waals surface area (Å²) >= 11 is 0. The lowest BCUT2D eigenvalue weighted by Gasteiger charge is -2.33. The van der Waals surface area contributed by atoms with Crippen molar-refractivity contribution in [1.29, 1.82) is 0 Å². The number of benzene rings is 1. The van der Waals surface area contributed by atoms with Crippen LogP contribution in [-0.4, -0.2) is 36.6 Å². The number of ether oxygens (including phenoxy) is 1. The van der Waals surface area contributed by atoms with Crippen LogP contribution in [0.5, 0.6) is 5.75 Å². The van der Waals surface area contributed by atoms with E-state index in [-0.39, 0.29) is 17.6 Å². The maximum atomic E-state index is 12.6. The third-order valence-corrected chi connectivity index (χ3v) is 4.36. The number of piperidine rings is 1. The highest BCUT2D eigenvalue weighted by Crippen LogP contribution is 2.33. The van der Waals surface area contributed by atoms with Gasteiger partial charge in [-0.3, -0.25) is 9.59 Å². The predicted octanol–water partition coefficient (Wildman–Crippen LogP) is 1.39. The van der Waals surface area contributed by atoms with E-state index in [1.165, 1.54) is 17.0 Å². The molecular weight excluding hydrogens is 320 g/mol. The van der Waals surface area contributed by atoms with Crippen LogP contribution in [-0.2, 0) is 9.59 Å². The molecule has 1 aromatic carbocycles. The first-order chi connectivity index (χ1) is 11.4. The van der Waals surface area contributed by atoms with Crippen molar-refractivity contribution in [3.63, 3.8) is 0 Å². The molecule has 8 heteroatoms. The van der Waals surface area contributed by atoms with Crippen LogP contribution >= 0.6 is 0 Å². The van der Waals surface area contributed by atoms with Crippen LogP contribution in [0.3, 0.4) is 0 Å². The van der Waals surface area contributed by atoms with Crippen LogP contribution in [0.4, 0.5) is 14.5 Å². The average molecular weight is 339 g/mol. The molecule has 3 rings (SSSR count). The Labute approximate surface area is 137 Å². The standard InChI is InChI=1S/C16H19F2N3O3/c17-15(18)24-11-5-3-10(4-6-11)21-9-1-2-12(13(21)22)20-14(23)16(19)7-8-16/h3-6,12,15H,1-2,7-9,19H2,(H,20,23). The quantitative estimate of drug-likeness (QED) is 0.849. The maximum Gasteiger partial charge on any atom is 0.387 e. The molecule has 1 saturated carbocycles. The van der Waals surface area contributed by atoms with Crippen molar-refractivity contribution in [2.24, 2.45) is 5.73 Å². The van der Waals surface area contributed by atoms with Gasteiger partial charge in [0, 0.05) is 12.2 Å². The number of halogens is 2. The van der Waals surface area contributed by atoms with Gasteiger partial charge in [-0.05, 0) is 49.9 Å². The first kappa shape index (κ1) is 16.6. The van der Waals surface area contributed by atoms with E-state index in [2.05, 4.69) is 10.1 Å². The molecule has 0 aromatic heterocycles. The highest BCUT2D eigenvalue weighted by atomic mass is 19.3. The van der Waals surface area contributed by atoms with Gasteiger partial charge in [-0.1, -0.05) is 0 Å². The Morgan fingerprint density at radius 2 is 2.00 bits per heavy atom. The fourth-order valence-corrected chi connectivity index (χ4v) is 2.74. The van der Waals surface area contributed by atoms with Crippen molar-refractivity contribution >= 4 is 17.5 Å². The van der Waals surface area contributed by atoms with Crippen LogP contribution in [0.1, 0.15) is 25.7 Å². The molecule has 1 aliphatic carbocycles. The minimum atomic E-state index is -2.89. The zero-order valence-corrected chi connectivity index (χ0v) is 13.0. The average Bonchev–Trinajstić information content (AvgIpc) is 3.29. The topological polar surface area (TPSA) is 84.7 Å². The number of amides is 2. The highest BCUT2D eigenvalue weighted by Gasteiger charge is 2.47. The third-order valence-electron chi connectivity index (χ3n) is 4.36. The summed E-state index contributed by atoms with van der Waals surface area (Å²) in [7, 11) is 0. The van der Waals surface area contributed by atoms with E-state index < -0.39 is 18.2 Å². The largest absolute Gasteiger partial charge is 0.435 e. The normalized spacial score (nSPS) is 22.4. The van der Waals surface area contributed by atoms with E-state index >= 15 is 0 Å². The van der Waals surface area contributed by atoms with Crippen molar-refractivity contribution in [3.05, 3.63) is 24.3 Å². The predicted molar refractivity (Wildman–Crippen MR) is 82.7 cm³/mol. The lowest BCUT2D eigenvalue weighted by atomic mass is 10.0. The van der Waals surface area contributed by atoms with E-state index in [1.807, 2.05) is 0 Å². The number of alkyl halides is 2. The van der Waals surface area contributed by atoms with E-state index in [4.69, 9.17) is 5.73 Å². The summed E-state index contributed by atoms with van der Waals surface area (Å²) in [5.41, 5.74) is 5.60. The smallest absolute Gasteiger partial charge is 0.387 e. The van der Waals surface area contributed by atoms with Gasteiger partial charge in [0.2, 0.25) is 11.8 Å². The summed E-state index contributed by atoms with van der Waals surface area (Å²) in [6, 6.07) is 5.26. The van der Waals surface area contributed by atoms with E-state index in [0.29, 0.717) is 31.5 Å². The van der Waals surface area contributed by atoms with Crippen molar-refractivity contribution in [2.45, 2.75) is 43.9 Å². The second-order valence-electron chi connectivity index (χ2n) is 6.19. The Balaban J connectivity index is 1.67. The van der Waals surface area contributed by atoms with Gasteiger partial charge in [0.15, 0.2) is 0 Å². The number of carbonyl (C=O) groups excluding carboxylic acids is 2. The van der Waals surface area contributed by atoms with E-state index in [1.54, 1.807) is 12.1 Å². The first-order valence-corrected chi connectivity index (χ1v) is 7.85. The van der Waals surface area contributed by atoms with Crippen molar-refractivity contribution in [3.8, 4) is 5.75 Å². The molecule has 0 radical (unpaired) electrons. The lowest BCUT2D eigenvalue weighted by Crippen LogP contribution is -2.56. The Bertz CT molecular complexity index is 632. The van der Waals surface area contributed by atoms with Gasteiger partial charge >= 0.3 is 6.61 Å². The van der Waals surface area contributed by atoms with Gasteiger partial charge in [-0.2, -0.15) is 8.78 Å². The molecule has 0 spiro atoms. The van der Waals surface area contributed by atoms with Crippen molar-refractivity contribution in [2.75, 3.05) is 11.4 Å². The van der Waals surface area contributed by atoms with Gasteiger partial charge in [-0.25, -0.2) is 0 Å². The monoisotopic (exact) mass is 339 g/mol. The Morgan fingerprint density at radius 3 is 2.58 bits per heavy atom. The number of carbonyl (C=O) groups is 2. The number of nitrogens with zero attached hydrogens (tertiary/aromatic N) is 1. The summed E-state index contributed by atoms with van der Waals surface area (Å²) in [6.45, 7) is -2.38. The summed E-state index contributed by atoms with van der Waals surface area (Å²) in [5.74, 6) is -0.480. The molecule has 0 bridgehead atoms. The number of hydrogen-bond donors (Lipinski definition) is 2. The number of hydrogen-bond acceptors (Lipinski definition) is 4. The zero-order chi connectivity index (χ0) is 17.3. The Hall–Kier alpha value is -2.22. The van der Waals surface area contributed by atoms with Crippen molar-refractivity contribution < 1.29 is 23.1 Å². The molecule has 1 saturated heterocycles. The molecule has 1 atom stereocenters. The molecule has 130 valence electrons. The lowest BCUT2D eigenvalue weighted by molar-refractivity contribution is -0.129. The molecule has 24 heavy (non-hydrogen) atoms. The number of rotatable bonds is 5. The molecule has 6 nitrogen and oxygen atoms in total. The Morgan fingerprint density at radius 1 is 1.33 bits per heavy atom. The third kappa shape index (κ3) is 3.48. The molecule has 1 heterocycles. The van der Waals surface area contributed by atoms with Gasteiger partial charge in [0.05, 0.1) is 5.54 Å². The summed E-state index contributed by atoms with van der Waals surface area (Å²) in [6.07, 6.45) is 2.55. The molecule has 2 amide bonds.